The summed E-state index contributed by atoms with van der Waals surface area (Å²) in [5.41, 5.74) is 0. The number of carbonyl (C=O) groups excluding carboxylic acids is 1. The maximum Gasteiger partial charge on any atom is 0.251 e. The molecule has 0 aromatic rings. The molecule has 0 saturated carbocycles. The van der Waals surface area contributed by atoms with Crippen LogP contribution in [0, 0.1) is 0 Å². The largest absolute Gasteiger partial charge is 0.368 e. The Bertz CT molecular complexity index is 341. The Kier molecular flexibility index (Phi) is 4.29. The fourth-order valence-corrected chi connectivity index (χ4v) is 3.46. The zero-order valence-corrected chi connectivity index (χ0v) is 12.8. The molecule has 3 rings (SSSR count). The highest BCUT2D eigenvalue weighted by molar-refractivity contribution is 5.82. The molecule has 0 spiro atoms. The molecule has 0 bridgehead atoms. The van der Waals surface area contributed by atoms with Crippen molar-refractivity contribution in [1.82, 2.24) is 14.7 Å². The molecule has 114 valence electrons. The van der Waals surface area contributed by atoms with Crippen LogP contribution in [0.2, 0.25) is 0 Å². The monoisotopic (exact) mass is 281 g/mol. The van der Waals surface area contributed by atoms with Gasteiger partial charge in [-0.3, -0.25) is 14.6 Å². The molecule has 1 amide bonds. The molecule has 0 aromatic carbocycles. The fraction of sp³-hybridized carbons (Fsp3) is 0.933. The summed E-state index contributed by atoms with van der Waals surface area (Å²) < 4.78 is 5.48. The Morgan fingerprint density at radius 3 is 2.40 bits per heavy atom. The van der Waals surface area contributed by atoms with Crippen molar-refractivity contribution in [3.8, 4) is 0 Å². The van der Waals surface area contributed by atoms with E-state index in [0.29, 0.717) is 12.1 Å². The zero-order valence-electron chi connectivity index (χ0n) is 12.8. The van der Waals surface area contributed by atoms with Crippen LogP contribution in [0.3, 0.4) is 0 Å². The molecule has 3 aliphatic heterocycles. The quantitative estimate of drug-likeness (QED) is 0.750. The minimum Gasteiger partial charge on any atom is -0.368 e. The summed E-state index contributed by atoms with van der Waals surface area (Å²) in [6, 6.07) is 1.23. The molecule has 0 aromatic heterocycles. The third kappa shape index (κ3) is 2.85. The first-order valence-electron chi connectivity index (χ1n) is 8.03. The van der Waals surface area contributed by atoms with Crippen molar-refractivity contribution in [2.75, 3.05) is 45.9 Å². The average Bonchev–Trinajstić information content (AvgIpc) is 2.91. The van der Waals surface area contributed by atoms with Gasteiger partial charge in [0.25, 0.3) is 5.91 Å². The number of nitrogens with zero attached hydrogens (tertiary/aromatic N) is 3. The van der Waals surface area contributed by atoms with Crippen LogP contribution in [0.5, 0.6) is 0 Å². The number of ether oxygens (including phenoxy) is 1. The topological polar surface area (TPSA) is 36.0 Å². The summed E-state index contributed by atoms with van der Waals surface area (Å²) >= 11 is 0. The number of hydrogen-bond donors (Lipinski definition) is 0. The average molecular weight is 281 g/mol. The van der Waals surface area contributed by atoms with E-state index in [2.05, 4.69) is 23.6 Å². The molecule has 3 aliphatic rings. The number of rotatable bonds is 3. The molecule has 20 heavy (non-hydrogen) atoms. The van der Waals surface area contributed by atoms with Gasteiger partial charge in [0.05, 0.1) is 0 Å². The summed E-state index contributed by atoms with van der Waals surface area (Å²) in [6.07, 6.45) is 1.80. The number of likely N-dealkylation sites (tertiary alicyclic amines) is 1. The zero-order chi connectivity index (χ0) is 14.1. The molecule has 0 N–H and O–H groups in total. The van der Waals surface area contributed by atoms with Crippen molar-refractivity contribution < 1.29 is 9.53 Å². The first-order chi connectivity index (χ1) is 9.65. The smallest absolute Gasteiger partial charge is 0.251 e. The molecule has 5 heteroatoms. The van der Waals surface area contributed by atoms with Crippen LogP contribution in [-0.4, -0.2) is 84.7 Å². The van der Waals surface area contributed by atoms with Gasteiger partial charge < -0.3 is 9.64 Å². The first-order valence-corrected chi connectivity index (χ1v) is 8.03. The van der Waals surface area contributed by atoms with E-state index in [4.69, 9.17) is 4.74 Å². The second-order valence-corrected chi connectivity index (χ2v) is 6.56. The SMILES string of the molecule is CC(C)N1CCN(C2CN(C(=O)C3CCCO3)C2)CC1. The van der Waals surface area contributed by atoms with Crippen molar-refractivity contribution in [3.63, 3.8) is 0 Å². The number of piperazine rings is 1. The van der Waals surface area contributed by atoms with Crippen LogP contribution in [-0.2, 0) is 9.53 Å². The van der Waals surface area contributed by atoms with E-state index in [9.17, 15) is 4.79 Å². The molecule has 5 nitrogen and oxygen atoms in total. The highest BCUT2D eigenvalue weighted by atomic mass is 16.5. The molecule has 0 aliphatic carbocycles. The van der Waals surface area contributed by atoms with Gasteiger partial charge in [-0.15, -0.1) is 0 Å². The van der Waals surface area contributed by atoms with Crippen LogP contribution in [0.25, 0.3) is 0 Å². The highest BCUT2D eigenvalue weighted by Crippen LogP contribution is 2.22. The van der Waals surface area contributed by atoms with Gasteiger partial charge in [-0.05, 0) is 26.7 Å². The molecular formula is C15H27N3O2. The van der Waals surface area contributed by atoms with Crippen molar-refractivity contribution in [2.45, 2.75) is 44.9 Å². The number of amides is 1. The van der Waals surface area contributed by atoms with E-state index in [-0.39, 0.29) is 12.0 Å². The Balaban J connectivity index is 1.41. The molecule has 0 radical (unpaired) electrons. The Morgan fingerprint density at radius 2 is 1.85 bits per heavy atom. The lowest BCUT2D eigenvalue weighted by Crippen LogP contribution is -2.65. The van der Waals surface area contributed by atoms with E-state index in [1.807, 2.05) is 4.90 Å². The minimum absolute atomic E-state index is 0.145. The standard InChI is InChI=1S/C15H27N3O2/c1-12(2)16-5-7-17(8-6-16)13-10-18(11-13)15(19)14-4-3-9-20-14/h12-14H,3-11H2,1-2H3. The van der Waals surface area contributed by atoms with Crippen molar-refractivity contribution in [2.24, 2.45) is 0 Å². The second kappa shape index (κ2) is 6.00. The summed E-state index contributed by atoms with van der Waals surface area (Å²) in [4.78, 5) is 19.2. The Morgan fingerprint density at radius 1 is 1.15 bits per heavy atom. The molecule has 3 fully saturated rings. The van der Waals surface area contributed by atoms with Crippen molar-refractivity contribution >= 4 is 5.91 Å². The second-order valence-electron chi connectivity index (χ2n) is 6.56. The van der Waals surface area contributed by atoms with Crippen LogP contribution in [0.1, 0.15) is 26.7 Å². The van der Waals surface area contributed by atoms with Gasteiger partial charge in [0, 0.05) is 58.0 Å². The van der Waals surface area contributed by atoms with Gasteiger partial charge in [-0.2, -0.15) is 0 Å². The number of carbonyl (C=O) groups is 1. The predicted molar refractivity (Wildman–Crippen MR) is 77.6 cm³/mol. The van der Waals surface area contributed by atoms with E-state index in [1.54, 1.807) is 0 Å². The summed E-state index contributed by atoms with van der Waals surface area (Å²) in [5, 5.41) is 0. The van der Waals surface area contributed by atoms with Crippen LogP contribution in [0.4, 0.5) is 0 Å². The summed E-state index contributed by atoms with van der Waals surface area (Å²) in [7, 11) is 0. The Labute approximate surface area is 121 Å². The molecule has 1 atom stereocenters. The van der Waals surface area contributed by atoms with Gasteiger partial charge in [0.1, 0.15) is 6.10 Å². The third-order valence-corrected chi connectivity index (χ3v) is 4.97. The van der Waals surface area contributed by atoms with Crippen LogP contribution < -0.4 is 0 Å². The fourth-order valence-electron chi connectivity index (χ4n) is 3.46. The van der Waals surface area contributed by atoms with E-state index in [1.165, 1.54) is 0 Å². The van der Waals surface area contributed by atoms with Gasteiger partial charge in [-0.1, -0.05) is 0 Å². The molecule has 3 heterocycles. The van der Waals surface area contributed by atoms with Gasteiger partial charge in [0.15, 0.2) is 0 Å². The molecule has 1 unspecified atom stereocenters. The van der Waals surface area contributed by atoms with Gasteiger partial charge >= 0.3 is 0 Å². The normalized spacial score (nSPS) is 29.9. The maximum atomic E-state index is 12.2. The first kappa shape index (κ1) is 14.3. The van der Waals surface area contributed by atoms with E-state index < -0.39 is 0 Å². The van der Waals surface area contributed by atoms with Crippen LogP contribution in [0.15, 0.2) is 0 Å². The lowest BCUT2D eigenvalue weighted by atomic mass is 10.0. The molecule has 3 saturated heterocycles. The van der Waals surface area contributed by atoms with Crippen LogP contribution >= 0.6 is 0 Å². The van der Waals surface area contributed by atoms with E-state index in [0.717, 1.165) is 58.7 Å². The summed E-state index contributed by atoms with van der Waals surface area (Å²) in [5.74, 6) is 0.222. The van der Waals surface area contributed by atoms with Crippen molar-refractivity contribution in [3.05, 3.63) is 0 Å². The number of hydrogen-bond acceptors (Lipinski definition) is 4. The lowest BCUT2D eigenvalue weighted by Gasteiger charge is -2.49. The predicted octanol–water partition coefficient (Wildman–Crippen LogP) is 0.402. The minimum atomic E-state index is -0.145. The Hall–Kier alpha value is -0.650. The highest BCUT2D eigenvalue weighted by Gasteiger charge is 2.39. The lowest BCUT2D eigenvalue weighted by molar-refractivity contribution is -0.149. The van der Waals surface area contributed by atoms with Crippen molar-refractivity contribution in [1.29, 1.82) is 0 Å². The third-order valence-electron chi connectivity index (χ3n) is 4.97. The van der Waals surface area contributed by atoms with Gasteiger partial charge in [0.2, 0.25) is 0 Å². The van der Waals surface area contributed by atoms with Gasteiger partial charge in [-0.25, -0.2) is 0 Å². The maximum absolute atomic E-state index is 12.2. The summed E-state index contributed by atoms with van der Waals surface area (Å²) in [6.45, 7) is 11.7. The molecular weight excluding hydrogens is 254 g/mol. The van der Waals surface area contributed by atoms with E-state index >= 15 is 0 Å².